The van der Waals surface area contributed by atoms with Crippen LogP contribution in [0.4, 0.5) is 5.69 Å². The monoisotopic (exact) mass is 412 g/mol. The van der Waals surface area contributed by atoms with E-state index in [1.165, 1.54) is 0 Å². The molecular weight excluding hydrogens is 384 g/mol. The molecule has 0 bridgehead atoms. The highest BCUT2D eigenvalue weighted by molar-refractivity contribution is 6.03. The van der Waals surface area contributed by atoms with Crippen LogP contribution in [0.2, 0.25) is 0 Å². The second-order valence-corrected chi connectivity index (χ2v) is 7.07. The van der Waals surface area contributed by atoms with Gasteiger partial charge >= 0.3 is 0 Å². The molecule has 7 heteroatoms. The highest BCUT2D eigenvalue weighted by atomic mass is 16.5. The van der Waals surface area contributed by atoms with Crippen molar-refractivity contribution in [2.45, 2.75) is 31.8 Å². The fourth-order valence-corrected chi connectivity index (χ4v) is 3.20. The fourth-order valence-electron chi connectivity index (χ4n) is 3.20. The van der Waals surface area contributed by atoms with E-state index in [0.29, 0.717) is 37.2 Å². The summed E-state index contributed by atoms with van der Waals surface area (Å²) in [5.41, 5.74) is 0.946. The molecule has 1 atom stereocenters. The van der Waals surface area contributed by atoms with Crippen molar-refractivity contribution in [1.82, 2.24) is 5.32 Å². The van der Waals surface area contributed by atoms with Crippen LogP contribution in [0.5, 0.6) is 11.5 Å². The zero-order chi connectivity index (χ0) is 21.2. The molecule has 0 spiro atoms. The molecule has 1 fully saturated rings. The second kappa shape index (κ2) is 11.2. The second-order valence-electron chi connectivity index (χ2n) is 7.07. The molecule has 2 N–H and O–H groups in total. The smallest absolute Gasteiger partial charge is 0.253 e. The van der Waals surface area contributed by atoms with Crippen LogP contribution in [-0.2, 0) is 9.53 Å². The molecule has 0 aliphatic carbocycles. The topological polar surface area (TPSA) is 85.9 Å². The molecule has 3 rings (SSSR count). The van der Waals surface area contributed by atoms with Gasteiger partial charge in [-0.25, -0.2) is 0 Å². The number of anilines is 1. The Balaban J connectivity index is 1.43. The van der Waals surface area contributed by atoms with Crippen LogP contribution in [0.15, 0.2) is 48.5 Å². The van der Waals surface area contributed by atoms with E-state index in [9.17, 15) is 9.59 Å². The van der Waals surface area contributed by atoms with E-state index in [1.54, 1.807) is 31.4 Å². The molecule has 2 aromatic carbocycles. The van der Waals surface area contributed by atoms with E-state index < -0.39 is 0 Å². The van der Waals surface area contributed by atoms with Crippen molar-refractivity contribution in [3.05, 3.63) is 54.1 Å². The van der Waals surface area contributed by atoms with E-state index in [-0.39, 0.29) is 17.9 Å². The van der Waals surface area contributed by atoms with E-state index in [4.69, 9.17) is 14.2 Å². The van der Waals surface area contributed by atoms with Gasteiger partial charge in [-0.05, 0) is 55.7 Å². The molecule has 1 unspecified atom stereocenters. The Bertz CT molecular complexity index is 832. The minimum absolute atomic E-state index is 0.0707. The number of rotatable bonds is 10. The van der Waals surface area contributed by atoms with Crippen LogP contribution in [0.1, 0.15) is 36.0 Å². The minimum atomic E-state index is -0.218. The van der Waals surface area contributed by atoms with Crippen molar-refractivity contribution < 1.29 is 23.8 Å². The van der Waals surface area contributed by atoms with Gasteiger partial charge in [0.05, 0.1) is 31.1 Å². The van der Waals surface area contributed by atoms with Gasteiger partial charge in [0.1, 0.15) is 11.5 Å². The summed E-state index contributed by atoms with van der Waals surface area (Å²) >= 11 is 0. The van der Waals surface area contributed by atoms with Gasteiger partial charge in [0, 0.05) is 19.6 Å². The Labute approximate surface area is 176 Å². The maximum atomic E-state index is 12.5. The first-order chi connectivity index (χ1) is 14.7. The number of ether oxygens (including phenoxy) is 3. The summed E-state index contributed by atoms with van der Waals surface area (Å²) < 4.78 is 16.3. The summed E-state index contributed by atoms with van der Waals surface area (Å²) in [6.07, 6.45) is 2.90. The van der Waals surface area contributed by atoms with Crippen LogP contribution in [-0.4, -0.2) is 44.8 Å². The minimum Gasteiger partial charge on any atom is -0.497 e. The van der Waals surface area contributed by atoms with E-state index in [0.717, 1.165) is 30.9 Å². The molecule has 2 amide bonds. The summed E-state index contributed by atoms with van der Waals surface area (Å²) in [4.78, 5) is 24.8. The number of methoxy groups -OCH3 is 1. The summed E-state index contributed by atoms with van der Waals surface area (Å²) in [7, 11) is 1.61. The Morgan fingerprint density at radius 3 is 2.60 bits per heavy atom. The lowest BCUT2D eigenvalue weighted by Gasteiger charge is -2.14. The van der Waals surface area contributed by atoms with Crippen LogP contribution in [0.3, 0.4) is 0 Å². The highest BCUT2D eigenvalue weighted by Gasteiger charge is 2.18. The average molecular weight is 412 g/mol. The van der Waals surface area contributed by atoms with Crippen LogP contribution in [0.25, 0.3) is 0 Å². The number of hydrogen-bond acceptors (Lipinski definition) is 5. The molecule has 30 heavy (non-hydrogen) atoms. The molecule has 7 nitrogen and oxygen atoms in total. The molecule has 1 heterocycles. The summed E-state index contributed by atoms with van der Waals surface area (Å²) in [6.45, 7) is 1.64. The molecule has 2 aromatic rings. The zero-order valence-corrected chi connectivity index (χ0v) is 17.2. The zero-order valence-electron chi connectivity index (χ0n) is 17.2. The largest absolute Gasteiger partial charge is 0.497 e. The molecule has 1 saturated heterocycles. The van der Waals surface area contributed by atoms with Crippen molar-refractivity contribution in [3.63, 3.8) is 0 Å². The van der Waals surface area contributed by atoms with Gasteiger partial charge in [0.25, 0.3) is 5.91 Å². The third-order valence-electron chi connectivity index (χ3n) is 4.84. The van der Waals surface area contributed by atoms with Gasteiger partial charge in [-0.1, -0.05) is 12.1 Å². The summed E-state index contributed by atoms with van der Waals surface area (Å²) in [5.74, 6) is 1.11. The lowest BCUT2D eigenvalue weighted by Crippen LogP contribution is -2.32. The predicted octanol–water partition coefficient (Wildman–Crippen LogP) is 3.40. The Hall–Kier alpha value is -3.06. The molecule has 1 aliphatic rings. The maximum Gasteiger partial charge on any atom is 0.253 e. The van der Waals surface area contributed by atoms with Crippen molar-refractivity contribution in [2.75, 3.05) is 32.2 Å². The lowest BCUT2D eigenvalue weighted by molar-refractivity contribution is -0.116. The predicted molar refractivity (Wildman–Crippen MR) is 114 cm³/mol. The lowest BCUT2D eigenvalue weighted by atomic mass is 10.1. The number of carbonyl (C=O) groups is 2. The van der Waals surface area contributed by atoms with Gasteiger partial charge in [-0.2, -0.15) is 0 Å². The SMILES string of the molecule is COc1ccc(OCCCC(=O)Nc2ccccc2C(=O)NCC2CCCO2)cc1. The Morgan fingerprint density at radius 1 is 1.10 bits per heavy atom. The van der Waals surface area contributed by atoms with E-state index >= 15 is 0 Å². The first-order valence-electron chi connectivity index (χ1n) is 10.2. The third-order valence-corrected chi connectivity index (χ3v) is 4.84. The molecule has 0 aromatic heterocycles. The fraction of sp³-hybridized carbons (Fsp3) is 0.391. The first kappa shape index (κ1) is 21.6. The average Bonchev–Trinajstić information content (AvgIpc) is 3.29. The first-order valence-corrected chi connectivity index (χ1v) is 10.2. The van der Waals surface area contributed by atoms with E-state index in [2.05, 4.69) is 10.6 Å². The molecule has 0 saturated carbocycles. The van der Waals surface area contributed by atoms with Gasteiger partial charge in [-0.3, -0.25) is 9.59 Å². The number of nitrogens with one attached hydrogen (secondary N) is 2. The molecule has 160 valence electrons. The number of hydrogen-bond donors (Lipinski definition) is 2. The van der Waals surface area contributed by atoms with Crippen LogP contribution >= 0.6 is 0 Å². The van der Waals surface area contributed by atoms with Crippen molar-refractivity contribution in [1.29, 1.82) is 0 Å². The molecule has 1 aliphatic heterocycles. The number of amides is 2. The number of carbonyl (C=O) groups excluding carboxylic acids is 2. The van der Waals surface area contributed by atoms with Gasteiger partial charge < -0.3 is 24.8 Å². The van der Waals surface area contributed by atoms with Gasteiger partial charge in [-0.15, -0.1) is 0 Å². The number of para-hydroxylation sites is 1. The van der Waals surface area contributed by atoms with E-state index in [1.807, 2.05) is 24.3 Å². The molecule has 0 radical (unpaired) electrons. The number of benzene rings is 2. The standard InChI is InChI=1S/C23H28N2O5/c1-28-17-10-12-18(13-11-17)29-15-5-9-22(26)25-21-8-3-2-7-20(21)23(27)24-16-19-6-4-14-30-19/h2-3,7-8,10-13,19H,4-6,9,14-16H2,1H3,(H,24,27)(H,25,26). The Morgan fingerprint density at radius 2 is 1.87 bits per heavy atom. The summed E-state index contributed by atoms with van der Waals surface area (Å²) in [5, 5.41) is 5.72. The maximum absolute atomic E-state index is 12.5. The van der Waals surface area contributed by atoms with Gasteiger partial charge in [0.15, 0.2) is 0 Å². The highest BCUT2D eigenvalue weighted by Crippen LogP contribution is 2.18. The normalized spacial score (nSPS) is 15.4. The quantitative estimate of drug-likeness (QED) is 0.584. The van der Waals surface area contributed by atoms with Crippen molar-refractivity contribution in [2.24, 2.45) is 0 Å². The summed E-state index contributed by atoms with van der Waals surface area (Å²) in [6, 6.07) is 14.3. The van der Waals surface area contributed by atoms with Crippen LogP contribution in [0, 0.1) is 0 Å². The van der Waals surface area contributed by atoms with Crippen LogP contribution < -0.4 is 20.1 Å². The molecular formula is C23H28N2O5. The Kier molecular flexibility index (Phi) is 8.09. The third kappa shape index (κ3) is 6.49. The van der Waals surface area contributed by atoms with Gasteiger partial charge in [0.2, 0.25) is 5.91 Å². The van der Waals surface area contributed by atoms with Crippen molar-refractivity contribution >= 4 is 17.5 Å². The van der Waals surface area contributed by atoms with Crippen molar-refractivity contribution in [3.8, 4) is 11.5 Å².